The highest BCUT2D eigenvalue weighted by Gasteiger charge is 2.12. The van der Waals surface area contributed by atoms with Crippen LogP contribution in [0.1, 0.15) is 46.5 Å². The Morgan fingerprint density at radius 1 is 0.800 bits per heavy atom. The zero-order valence-electron chi connectivity index (χ0n) is 15.2. The number of carboxylic acids is 3. The zero-order valence-corrected chi connectivity index (χ0v) is 15.2. The molecule has 0 aromatic rings. The van der Waals surface area contributed by atoms with Gasteiger partial charge in [0.1, 0.15) is 18.1 Å². The van der Waals surface area contributed by atoms with E-state index in [1.54, 1.807) is 0 Å². The molecule has 0 radical (unpaired) electrons. The molecule has 0 saturated carbocycles. The lowest BCUT2D eigenvalue weighted by Crippen LogP contribution is -2.31. The van der Waals surface area contributed by atoms with E-state index in [0.717, 1.165) is 12.8 Å². The largest absolute Gasteiger partial charge is 0.480 e. The lowest BCUT2D eigenvalue weighted by molar-refractivity contribution is -0.139. The van der Waals surface area contributed by atoms with Gasteiger partial charge in [0.05, 0.1) is 0 Å². The second-order valence-electron chi connectivity index (χ2n) is 5.93. The third-order valence-electron chi connectivity index (χ3n) is 2.72. The molecule has 0 bridgehead atoms. The summed E-state index contributed by atoms with van der Waals surface area (Å²) in [6.45, 7) is 5.92. The molecule has 0 spiro atoms. The van der Waals surface area contributed by atoms with Gasteiger partial charge >= 0.3 is 17.9 Å². The Hall–Kier alpha value is -1.75. The summed E-state index contributed by atoms with van der Waals surface area (Å²) in [5, 5.41) is 24.5. The molecule has 0 amide bonds. The molecule has 0 aliphatic rings. The van der Waals surface area contributed by atoms with Crippen molar-refractivity contribution in [1.29, 1.82) is 0 Å². The monoisotopic (exact) mass is 366 g/mol. The van der Waals surface area contributed by atoms with Gasteiger partial charge in [-0.25, -0.2) is 0 Å². The predicted molar refractivity (Wildman–Crippen MR) is 94.9 cm³/mol. The molecule has 0 aliphatic carbocycles. The molecule has 0 aromatic heterocycles. The van der Waals surface area contributed by atoms with Crippen molar-refractivity contribution in [1.82, 2.24) is 0 Å². The third-order valence-corrected chi connectivity index (χ3v) is 2.72. The van der Waals surface area contributed by atoms with Crippen molar-refractivity contribution in [3.8, 4) is 0 Å². The Bertz CT molecular complexity index is 377. The van der Waals surface area contributed by atoms with Gasteiger partial charge < -0.3 is 38.3 Å². The number of aliphatic carboxylic acids is 3. The molecular formula is C15H34N4O6. The number of hydrogen-bond acceptors (Lipinski definition) is 7. The van der Waals surface area contributed by atoms with Crippen LogP contribution in [0.25, 0.3) is 0 Å². The minimum atomic E-state index is -0.963. The van der Waals surface area contributed by atoms with Crippen LogP contribution in [0.3, 0.4) is 0 Å². The van der Waals surface area contributed by atoms with E-state index in [4.69, 9.17) is 38.3 Å². The van der Waals surface area contributed by atoms with Crippen LogP contribution in [-0.2, 0) is 14.4 Å². The maximum atomic E-state index is 10.1. The summed E-state index contributed by atoms with van der Waals surface area (Å²) in [7, 11) is 0. The van der Waals surface area contributed by atoms with E-state index >= 15 is 0 Å². The van der Waals surface area contributed by atoms with Crippen molar-refractivity contribution in [2.24, 2.45) is 28.9 Å². The Labute approximate surface area is 148 Å². The first kappa shape index (κ1) is 28.1. The smallest absolute Gasteiger partial charge is 0.320 e. The fourth-order valence-corrected chi connectivity index (χ4v) is 1.24. The minimum absolute atomic E-state index is 0.357. The fourth-order valence-electron chi connectivity index (χ4n) is 1.24. The summed E-state index contributed by atoms with van der Waals surface area (Å²) < 4.78 is 0. The van der Waals surface area contributed by atoms with Gasteiger partial charge in [-0.15, -0.1) is 0 Å². The molecule has 0 saturated heterocycles. The summed E-state index contributed by atoms with van der Waals surface area (Å²) in [4.78, 5) is 29.8. The number of unbranched alkanes of at least 4 members (excludes halogenated alkanes) is 1. The highest BCUT2D eigenvalue weighted by molar-refractivity contribution is 5.73. The first-order chi connectivity index (χ1) is 11.4. The van der Waals surface area contributed by atoms with Crippen LogP contribution in [0.2, 0.25) is 0 Å². The van der Waals surface area contributed by atoms with E-state index in [1.165, 1.54) is 6.92 Å². The average molecular weight is 366 g/mol. The van der Waals surface area contributed by atoms with Gasteiger partial charge in [-0.05, 0) is 38.6 Å². The quantitative estimate of drug-likeness (QED) is 0.257. The van der Waals surface area contributed by atoms with Gasteiger partial charge in [0.2, 0.25) is 0 Å². The molecular weight excluding hydrogens is 332 g/mol. The van der Waals surface area contributed by atoms with Crippen LogP contribution in [0, 0.1) is 5.92 Å². The molecule has 25 heavy (non-hydrogen) atoms. The first-order valence-corrected chi connectivity index (χ1v) is 8.01. The van der Waals surface area contributed by atoms with E-state index < -0.39 is 36.0 Å². The Balaban J connectivity index is -0.000000300. The minimum Gasteiger partial charge on any atom is -0.480 e. The zero-order chi connectivity index (χ0) is 20.6. The summed E-state index contributed by atoms with van der Waals surface area (Å²) in [6.07, 6.45) is 2.72. The second kappa shape index (κ2) is 17.1. The lowest BCUT2D eigenvalue weighted by atomic mass is 10.1. The fraction of sp³-hybridized carbons (Fsp3) is 0.800. The van der Waals surface area contributed by atoms with Crippen LogP contribution in [0.4, 0.5) is 0 Å². The van der Waals surface area contributed by atoms with Crippen LogP contribution in [0.5, 0.6) is 0 Å². The van der Waals surface area contributed by atoms with E-state index in [0.29, 0.717) is 25.3 Å². The van der Waals surface area contributed by atoms with Gasteiger partial charge in [0.25, 0.3) is 0 Å². The van der Waals surface area contributed by atoms with Gasteiger partial charge in [-0.2, -0.15) is 0 Å². The highest BCUT2D eigenvalue weighted by Crippen LogP contribution is 2.01. The van der Waals surface area contributed by atoms with E-state index in [1.807, 2.05) is 13.8 Å². The molecule has 0 rings (SSSR count). The van der Waals surface area contributed by atoms with E-state index in [2.05, 4.69) is 0 Å². The van der Waals surface area contributed by atoms with Gasteiger partial charge in [0, 0.05) is 0 Å². The molecule has 3 unspecified atom stereocenters. The normalized spacial score (nSPS) is 13.4. The highest BCUT2D eigenvalue weighted by atomic mass is 16.4. The molecule has 3 atom stereocenters. The van der Waals surface area contributed by atoms with Crippen LogP contribution in [0.15, 0.2) is 0 Å². The number of carbonyl (C=O) groups is 3. The molecule has 10 heteroatoms. The molecule has 150 valence electrons. The Morgan fingerprint density at radius 3 is 1.40 bits per heavy atom. The van der Waals surface area contributed by atoms with Crippen LogP contribution >= 0.6 is 0 Å². The SMILES string of the molecule is CC(C)CC(N)C(=O)O.CC(N)C(=O)O.NCCCCC(N)C(=O)O. The summed E-state index contributed by atoms with van der Waals surface area (Å²) in [5.41, 5.74) is 20.5. The number of rotatable bonds is 9. The van der Waals surface area contributed by atoms with Crippen molar-refractivity contribution >= 4 is 17.9 Å². The Morgan fingerprint density at radius 2 is 1.20 bits per heavy atom. The van der Waals surface area contributed by atoms with E-state index in [9.17, 15) is 14.4 Å². The van der Waals surface area contributed by atoms with Crippen LogP contribution < -0.4 is 22.9 Å². The van der Waals surface area contributed by atoms with Crippen molar-refractivity contribution < 1.29 is 29.7 Å². The van der Waals surface area contributed by atoms with Crippen molar-refractivity contribution in [3.05, 3.63) is 0 Å². The van der Waals surface area contributed by atoms with Crippen molar-refractivity contribution in [2.75, 3.05) is 6.54 Å². The Kier molecular flexibility index (Phi) is 19.2. The summed E-state index contributed by atoms with van der Waals surface area (Å²) in [5.74, 6) is -2.45. The maximum absolute atomic E-state index is 10.1. The molecule has 0 aromatic carbocycles. The number of hydrogen-bond donors (Lipinski definition) is 7. The van der Waals surface area contributed by atoms with Gasteiger partial charge in [0.15, 0.2) is 0 Å². The van der Waals surface area contributed by atoms with Crippen molar-refractivity contribution in [2.45, 2.75) is 64.6 Å². The summed E-state index contributed by atoms with van der Waals surface area (Å²) in [6, 6.07) is -2.14. The maximum Gasteiger partial charge on any atom is 0.320 e. The lowest BCUT2D eigenvalue weighted by Gasteiger charge is -2.07. The summed E-state index contributed by atoms with van der Waals surface area (Å²) >= 11 is 0. The molecule has 11 N–H and O–H groups in total. The van der Waals surface area contributed by atoms with Crippen LogP contribution in [-0.4, -0.2) is 57.9 Å². The standard InChI is InChI=1S/C6H14N2O2.C6H13NO2.C3H7NO2/c7-4-2-1-3-5(8)6(9)10;1-4(2)3-5(7)6(8)9;1-2(4)3(5)6/h5H,1-4,7-8H2,(H,9,10);4-5H,3,7H2,1-2H3,(H,8,9);2H,4H2,1H3,(H,5,6). The van der Waals surface area contributed by atoms with Gasteiger partial charge in [-0.1, -0.05) is 20.3 Å². The van der Waals surface area contributed by atoms with Crippen molar-refractivity contribution in [3.63, 3.8) is 0 Å². The van der Waals surface area contributed by atoms with E-state index in [-0.39, 0.29) is 0 Å². The topological polar surface area (TPSA) is 216 Å². The molecule has 0 aliphatic heterocycles. The first-order valence-electron chi connectivity index (χ1n) is 8.01. The predicted octanol–water partition coefficient (Wildman–Crippen LogP) is -0.610. The number of nitrogens with two attached hydrogens (primary N) is 4. The average Bonchev–Trinajstić information content (AvgIpc) is 2.47. The molecule has 0 heterocycles. The molecule has 0 fully saturated rings. The number of carboxylic acid groups (broad SMARTS) is 3. The molecule has 10 nitrogen and oxygen atoms in total. The third kappa shape index (κ3) is 24.6. The van der Waals surface area contributed by atoms with Gasteiger partial charge in [-0.3, -0.25) is 14.4 Å². The second-order valence-corrected chi connectivity index (χ2v) is 5.93.